The Bertz CT molecular complexity index is 879. The van der Waals surface area contributed by atoms with E-state index in [4.69, 9.17) is 0 Å². The van der Waals surface area contributed by atoms with Crippen LogP contribution in [0, 0.1) is 41.5 Å². The van der Waals surface area contributed by atoms with Gasteiger partial charge in [0.05, 0.1) is 12.4 Å². The lowest BCUT2D eigenvalue weighted by atomic mass is 10.0. The highest BCUT2D eigenvalue weighted by atomic mass is 16.2. The van der Waals surface area contributed by atoms with Crippen LogP contribution in [0.5, 0.6) is 0 Å². The van der Waals surface area contributed by atoms with Gasteiger partial charge in [0.2, 0.25) is 11.8 Å². The average molecular weight is 407 g/mol. The van der Waals surface area contributed by atoms with Crippen molar-refractivity contribution in [3.63, 3.8) is 0 Å². The van der Waals surface area contributed by atoms with Crippen molar-refractivity contribution in [1.82, 2.24) is 10.9 Å². The Labute approximate surface area is 178 Å². The molecule has 0 aliphatic rings. The van der Waals surface area contributed by atoms with Crippen LogP contribution >= 0.6 is 0 Å². The summed E-state index contributed by atoms with van der Waals surface area (Å²) in [6.45, 7) is 12.1. The van der Waals surface area contributed by atoms with E-state index in [0.29, 0.717) is 0 Å². The van der Waals surface area contributed by atoms with Crippen LogP contribution in [0.3, 0.4) is 0 Å². The SMILES string of the molecule is Cc1cc(C)c(/C=N\NC(=O)CCC(=O)N/N=C\c2c(C)cc(C)cc2C)c(C)c1. The number of amides is 2. The number of benzene rings is 2. The van der Waals surface area contributed by atoms with Gasteiger partial charge in [-0.3, -0.25) is 9.59 Å². The Morgan fingerprint density at radius 2 is 0.967 bits per heavy atom. The Morgan fingerprint density at radius 3 is 1.27 bits per heavy atom. The molecule has 6 heteroatoms. The minimum absolute atomic E-state index is 0.0349. The highest BCUT2D eigenvalue weighted by molar-refractivity contribution is 5.88. The Kier molecular flexibility index (Phi) is 8.04. The van der Waals surface area contributed by atoms with E-state index in [1.54, 1.807) is 12.4 Å². The Balaban J connectivity index is 1.80. The van der Waals surface area contributed by atoms with E-state index in [1.807, 2.05) is 41.5 Å². The molecular weight excluding hydrogens is 376 g/mol. The number of carbonyl (C=O) groups is 2. The highest BCUT2D eigenvalue weighted by Crippen LogP contribution is 2.15. The van der Waals surface area contributed by atoms with Crippen LogP contribution in [0.2, 0.25) is 0 Å². The molecule has 0 unspecified atom stereocenters. The van der Waals surface area contributed by atoms with E-state index in [0.717, 1.165) is 33.4 Å². The summed E-state index contributed by atoms with van der Waals surface area (Å²) < 4.78 is 0. The molecule has 2 rings (SSSR count). The lowest BCUT2D eigenvalue weighted by Crippen LogP contribution is -2.23. The van der Waals surface area contributed by atoms with Crippen molar-refractivity contribution in [3.8, 4) is 0 Å². The van der Waals surface area contributed by atoms with Crippen LogP contribution in [0.1, 0.15) is 57.3 Å². The summed E-state index contributed by atoms with van der Waals surface area (Å²) in [6.07, 6.45) is 3.34. The first-order valence-corrected chi connectivity index (χ1v) is 9.97. The summed E-state index contributed by atoms with van der Waals surface area (Å²) >= 11 is 0. The van der Waals surface area contributed by atoms with Gasteiger partial charge >= 0.3 is 0 Å². The standard InChI is InChI=1S/C24H30N4O2/c1-15-9-17(3)21(18(4)10-15)13-25-27-23(29)7-8-24(30)28-26-14-22-19(5)11-16(2)12-20(22)6/h9-14H,7-8H2,1-6H3,(H,27,29)(H,28,30)/b25-13-,26-14-. The van der Waals surface area contributed by atoms with Gasteiger partial charge in [0.25, 0.3) is 0 Å². The smallest absolute Gasteiger partial charge is 0.240 e. The summed E-state index contributed by atoms with van der Waals surface area (Å²) in [7, 11) is 0. The molecule has 0 fully saturated rings. The molecule has 2 N–H and O–H groups in total. The minimum Gasteiger partial charge on any atom is -0.273 e. The third kappa shape index (κ3) is 6.65. The average Bonchev–Trinajstić information content (AvgIpc) is 2.64. The molecule has 0 aliphatic carbocycles. The van der Waals surface area contributed by atoms with Gasteiger partial charge < -0.3 is 0 Å². The number of nitrogens with zero attached hydrogens (tertiary/aromatic N) is 2. The fourth-order valence-corrected chi connectivity index (χ4v) is 3.47. The third-order valence-electron chi connectivity index (χ3n) is 4.82. The summed E-state index contributed by atoms with van der Waals surface area (Å²) in [4.78, 5) is 23.9. The van der Waals surface area contributed by atoms with E-state index in [9.17, 15) is 9.59 Å². The fraction of sp³-hybridized carbons (Fsp3) is 0.333. The van der Waals surface area contributed by atoms with E-state index in [-0.39, 0.29) is 24.7 Å². The van der Waals surface area contributed by atoms with Gasteiger partial charge in [-0.25, -0.2) is 10.9 Å². The first-order valence-electron chi connectivity index (χ1n) is 9.97. The zero-order valence-electron chi connectivity index (χ0n) is 18.6. The second-order valence-electron chi connectivity index (χ2n) is 7.71. The van der Waals surface area contributed by atoms with Crippen LogP contribution in [-0.4, -0.2) is 24.2 Å². The fourth-order valence-electron chi connectivity index (χ4n) is 3.47. The Morgan fingerprint density at radius 1 is 0.667 bits per heavy atom. The number of nitrogens with one attached hydrogen (secondary N) is 2. The number of hydrazone groups is 2. The maximum absolute atomic E-state index is 11.9. The summed E-state index contributed by atoms with van der Waals surface area (Å²) in [6, 6.07) is 8.28. The molecule has 2 amide bonds. The van der Waals surface area contributed by atoms with Gasteiger partial charge in [-0.1, -0.05) is 35.4 Å². The van der Waals surface area contributed by atoms with E-state index in [1.165, 1.54) is 11.1 Å². The zero-order chi connectivity index (χ0) is 22.3. The molecule has 0 radical (unpaired) electrons. The van der Waals surface area contributed by atoms with Crippen molar-refractivity contribution in [2.45, 2.75) is 54.4 Å². The number of rotatable bonds is 7. The van der Waals surface area contributed by atoms with Gasteiger partial charge in [0.1, 0.15) is 0 Å². The molecular formula is C24H30N4O2. The molecule has 0 atom stereocenters. The molecule has 6 nitrogen and oxygen atoms in total. The topological polar surface area (TPSA) is 82.9 Å². The van der Waals surface area contributed by atoms with Gasteiger partial charge in [-0.15, -0.1) is 0 Å². The molecule has 2 aromatic rings. The number of hydrogen-bond acceptors (Lipinski definition) is 4. The lowest BCUT2D eigenvalue weighted by molar-refractivity contribution is -0.126. The first kappa shape index (κ1) is 23.0. The van der Waals surface area contributed by atoms with Crippen LogP contribution in [0.15, 0.2) is 34.5 Å². The van der Waals surface area contributed by atoms with Gasteiger partial charge in [-0.05, 0) is 63.8 Å². The van der Waals surface area contributed by atoms with Crippen molar-refractivity contribution in [3.05, 3.63) is 68.8 Å². The van der Waals surface area contributed by atoms with Crippen LogP contribution < -0.4 is 10.9 Å². The van der Waals surface area contributed by atoms with Crippen LogP contribution in [-0.2, 0) is 9.59 Å². The molecule has 0 spiro atoms. The molecule has 158 valence electrons. The summed E-state index contributed by atoms with van der Waals surface area (Å²) in [5.74, 6) is -0.643. The minimum atomic E-state index is -0.321. The lowest BCUT2D eigenvalue weighted by Gasteiger charge is -2.07. The second kappa shape index (κ2) is 10.5. The molecule has 0 aromatic heterocycles. The van der Waals surface area contributed by atoms with Crippen LogP contribution in [0.25, 0.3) is 0 Å². The van der Waals surface area contributed by atoms with Gasteiger partial charge in [0, 0.05) is 24.0 Å². The third-order valence-corrected chi connectivity index (χ3v) is 4.82. The number of hydrogen-bond donors (Lipinski definition) is 2. The predicted molar refractivity (Wildman–Crippen MR) is 122 cm³/mol. The van der Waals surface area contributed by atoms with Gasteiger partial charge in [-0.2, -0.15) is 10.2 Å². The molecule has 0 aliphatic heterocycles. The zero-order valence-corrected chi connectivity index (χ0v) is 18.6. The molecule has 2 aromatic carbocycles. The maximum atomic E-state index is 11.9. The maximum Gasteiger partial charge on any atom is 0.240 e. The molecule has 0 saturated heterocycles. The Hall–Kier alpha value is -3.28. The molecule has 0 saturated carbocycles. The first-order chi connectivity index (χ1) is 14.2. The summed E-state index contributed by atoms with van der Waals surface area (Å²) in [5.41, 5.74) is 13.7. The summed E-state index contributed by atoms with van der Waals surface area (Å²) in [5, 5.41) is 8.03. The number of aryl methyl sites for hydroxylation is 6. The number of carbonyl (C=O) groups excluding carboxylic acids is 2. The monoisotopic (exact) mass is 406 g/mol. The predicted octanol–water partition coefficient (Wildman–Crippen LogP) is 3.92. The molecule has 30 heavy (non-hydrogen) atoms. The van der Waals surface area contributed by atoms with Crippen molar-refractivity contribution in [2.75, 3.05) is 0 Å². The normalized spacial score (nSPS) is 11.3. The van der Waals surface area contributed by atoms with Crippen molar-refractivity contribution in [1.29, 1.82) is 0 Å². The second-order valence-corrected chi connectivity index (χ2v) is 7.71. The van der Waals surface area contributed by atoms with E-state index >= 15 is 0 Å². The van der Waals surface area contributed by atoms with E-state index < -0.39 is 0 Å². The van der Waals surface area contributed by atoms with Crippen molar-refractivity contribution >= 4 is 24.2 Å². The molecule has 0 heterocycles. The van der Waals surface area contributed by atoms with E-state index in [2.05, 4.69) is 45.3 Å². The van der Waals surface area contributed by atoms with Crippen LogP contribution in [0.4, 0.5) is 0 Å². The highest BCUT2D eigenvalue weighted by Gasteiger charge is 2.07. The van der Waals surface area contributed by atoms with Crippen molar-refractivity contribution < 1.29 is 9.59 Å². The largest absolute Gasteiger partial charge is 0.273 e. The quantitative estimate of drug-likeness (QED) is 0.540. The van der Waals surface area contributed by atoms with Crippen molar-refractivity contribution in [2.24, 2.45) is 10.2 Å². The van der Waals surface area contributed by atoms with Gasteiger partial charge in [0.15, 0.2) is 0 Å². The molecule has 0 bridgehead atoms.